The molecular formula is C12H8BrClFNO. The van der Waals surface area contributed by atoms with Crippen LogP contribution in [0.3, 0.4) is 0 Å². The summed E-state index contributed by atoms with van der Waals surface area (Å²) in [5, 5.41) is 10.00. The predicted molar refractivity (Wildman–Crippen MR) is 67.4 cm³/mol. The summed E-state index contributed by atoms with van der Waals surface area (Å²) in [4.78, 5) is 3.88. The van der Waals surface area contributed by atoms with Gasteiger partial charge in [-0.15, -0.1) is 0 Å². The first-order chi connectivity index (χ1) is 8.11. The van der Waals surface area contributed by atoms with Crippen molar-refractivity contribution in [2.75, 3.05) is 0 Å². The third kappa shape index (κ3) is 2.49. The van der Waals surface area contributed by atoms with E-state index in [0.29, 0.717) is 10.0 Å². The van der Waals surface area contributed by atoms with Gasteiger partial charge in [0.1, 0.15) is 11.9 Å². The summed E-state index contributed by atoms with van der Waals surface area (Å²) in [6.07, 6.45) is 2.00. The van der Waals surface area contributed by atoms with Gasteiger partial charge in [-0.25, -0.2) is 4.39 Å². The van der Waals surface area contributed by atoms with E-state index in [4.69, 9.17) is 11.6 Å². The third-order valence-electron chi connectivity index (χ3n) is 2.36. The summed E-state index contributed by atoms with van der Waals surface area (Å²) >= 11 is 8.89. The molecule has 0 spiro atoms. The summed E-state index contributed by atoms with van der Waals surface area (Å²) in [5.41, 5.74) is 0.649. The highest BCUT2D eigenvalue weighted by atomic mass is 79.9. The van der Waals surface area contributed by atoms with Crippen LogP contribution in [-0.2, 0) is 0 Å². The van der Waals surface area contributed by atoms with Crippen molar-refractivity contribution < 1.29 is 9.50 Å². The zero-order chi connectivity index (χ0) is 12.4. The Morgan fingerprint density at radius 3 is 2.76 bits per heavy atom. The molecule has 1 heterocycles. The molecule has 1 atom stereocenters. The van der Waals surface area contributed by atoms with Gasteiger partial charge in [0, 0.05) is 28.0 Å². The van der Waals surface area contributed by atoms with Crippen LogP contribution in [0, 0.1) is 5.82 Å². The van der Waals surface area contributed by atoms with Crippen molar-refractivity contribution in [1.29, 1.82) is 0 Å². The molecular weight excluding hydrogens is 308 g/mol. The van der Waals surface area contributed by atoms with Crippen molar-refractivity contribution in [2.45, 2.75) is 6.10 Å². The van der Waals surface area contributed by atoms with Crippen molar-refractivity contribution in [3.05, 3.63) is 63.1 Å². The number of hydrogen-bond acceptors (Lipinski definition) is 2. The molecule has 0 aliphatic carbocycles. The summed E-state index contributed by atoms with van der Waals surface area (Å²) in [6, 6.07) is 6.44. The molecule has 2 aromatic rings. The molecule has 0 aliphatic heterocycles. The first-order valence-corrected chi connectivity index (χ1v) is 5.99. The van der Waals surface area contributed by atoms with Gasteiger partial charge in [0.15, 0.2) is 0 Å². The topological polar surface area (TPSA) is 33.1 Å². The van der Waals surface area contributed by atoms with Crippen LogP contribution >= 0.6 is 27.5 Å². The molecule has 0 bridgehead atoms. The van der Waals surface area contributed by atoms with Gasteiger partial charge in [0.25, 0.3) is 0 Å². The maximum absolute atomic E-state index is 13.9. The Kier molecular flexibility index (Phi) is 3.76. The van der Waals surface area contributed by atoms with Gasteiger partial charge in [-0.3, -0.25) is 4.98 Å². The summed E-state index contributed by atoms with van der Waals surface area (Å²) in [7, 11) is 0. The van der Waals surface area contributed by atoms with E-state index in [0.717, 1.165) is 0 Å². The Morgan fingerprint density at radius 2 is 2.12 bits per heavy atom. The molecule has 5 heteroatoms. The van der Waals surface area contributed by atoms with E-state index in [9.17, 15) is 9.50 Å². The standard InChI is InChI=1S/C12H8BrClFNO/c13-9-4-3-8(11(15)10(9)14)12(17)7-2-1-5-16-6-7/h1-6,12,17H. The molecule has 17 heavy (non-hydrogen) atoms. The molecule has 88 valence electrons. The van der Waals surface area contributed by atoms with Gasteiger partial charge in [-0.1, -0.05) is 23.7 Å². The molecule has 0 radical (unpaired) electrons. The number of nitrogens with zero attached hydrogens (tertiary/aromatic N) is 1. The normalized spacial score (nSPS) is 12.5. The Morgan fingerprint density at radius 1 is 1.35 bits per heavy atom. The number of halogens is 3. The number of aromatic nitrogens is 1. The predicted octanol–water partition coefficient (Wildman–Crippen LogP) is 3.72. The van der Waals surface area contributed by atoms with Crippen LogP contribution in [0.2, 0.25) is 5.02 Å². The van der Waals surface area contributed by atoms with E-state index >= 15 is 0 Å². The fourth-order valence-corrected chi connectivity index (χ4v) is 1.95. The minimum atomic E-state index is -1.07. The van der Waals surface area contributed by atoms with E-state index in [2.05, 4.69) is 20.9 Å². The van der Waals surface area contributed by atoms with Crippen molar-refractivity contribution in [3.8, 4) is 0 Å². The Balaban J connectivity index is 2.45. The van der Waals surface area contributed by atoms with Crippen LogP contribution in [-0.4, -0.2) is 10.1 Å². The third-order valence-corrected chi connectivity index (χ3v) is 3.62. The van der Waals surface area contributed by atoms with Crippen LogP contribution in [0.5, 0.6) is 0 Å². The number of aliphatic hydroxyl groups excluding tert-OH is 1. The van der Waals surface area contributed by atoms with Gasteiger partial charge < -0.3 is 5.11 Å². The molecule has 0 amide bonds. The number of pyridine rings is 1. The highest BCUT2D eigenvalue weighted by molar-refractivity contribution is 9.10. The molecule has 1 unspecified atom stereocenters. The summed E-state index contributed by atoms with van der Waals surface area (Å²) in [6.45, 7) is 0. The van der Waals surface area contributed by atoms with E-state index in [1.165, 1.54) is 12.3 Å². The van der Waals surface area contributed by atoms with E-state index in [1.807, 2.05) is 0 Å². The molecule has 0 saturated heterocycles. The van der Waals surface area contributed by atoms with Crippen molar-refractivity contribution in [3.63, 3.8) is 0 Å². The molecule has 2 nitrogen and oxygen atoms in total. The quantitative estimate of drug-likeness (QED) is 0.857. The van der Waals surface area contributed by atoms with E-state index in [-0.39, 0.29) is 10.6 Å². The molecule has 0 fully saturated rings. The number of benzene rings is 1. The monoisotopic (exact) mass is 315 g/mol. The maximum Gasteiger partial charge on any atom is 0.149 e. The molecule has 1 aromatic heterocycles. The Hall–Kier alpha value is -0.970. The average Bonchev–Trinajstić information content (AvgIpc) is 2.36. The lowest BCUT2D eigenvalue weighted by Crippen LogP contribution is -2.03. The van der Waals surface area contributed by atoms with Gasteiger partial charge in [-0.2, -0.15) is 0 Å². The molecule has 2 rings (SSSR count). The second-order valence-corrected chi connectivity index (χ2v) is 4.69. The minimum absolute atomic E-state index is 0.0366. The van der Waals surface area contributed by atoms with Gasteiger partial charge >= 0.3 is 0 Å². The largest absolute Gasteiger partial charge is 0.383 e. The minimum Gasteiger partial charge on any atom is -0.383 e. The molecule has 0 saturated carbocycles. The second-order valence-electron chi connectivity index (χ2n) is 3.45. The lowest BCUT2D eigenvalue weighted by Gasteiger charge is -2.13. The van der Waals surface area contributed by atoms with Crippen molar-refractivity contribution in [2.24, 2.45) is 0 Å². The van der Waals surface area contributed by atoms with Gasteiger partial charge in [0.2, 0.25) is 0 Å². The van der Waals surface area contributed by atoms with Crippen molar-refractivity contribution in [1.82, 2.24) is 4.98 Å². The second kappa shape index (κ2) is 5.12. The number of hydrogen-bond donors (Lipinski definition) is 1. The highest BCUT2D eigenvalue weighted by Crippen LogP contribution is 2.32. The zero-order valence-electron chi connectivity index (χ0n) is 8.57. The highest BCUT2D eigenvalue weighted by Gasteiger charge is 2.18. The Labute approximate surface area is 111 Å². The lowest BCUT2D eigenvalue weighted by atomic mass is 10.0. The molecule has 0 aliphatic rings. The SMILES string of the molecule is OC(c1cccnc1)c1ccc(Br)c(Cl)c1F. The van der Waals surface area contributed by atoms with Crippen LogP contribution in [0.15, 0.2) is 41.1 Å². The smallest absolute Gasteiger partial charge is 0.149 e. The molecule has 1 N–H and O–H groups in total. The van der Waals surface area contributed by atoms with Crippen LogP contribution < -0.4 is 0 Å². The summed E-state index contributed by atoms with van der Waals surface area (Å²) in [5.74, 6) is -0.627. The average molecular weight is 317 g/mol. The fraction of sp³-hybridized carbons (Fsp3) is 0.0833. The maximum atomic E-state index is 13.9. The van der Waals surface area contributed by atoms with E-state index in [1.54, 1.807) is 24.4 Å². The molecule has 1 aromatic carbocycles. The number of aliphatic hydroxyl groups is 1. The van der Waals surface area contributed by atoms with Crippen LogP contribution in [0.25, 0.3) is 0 Å². The summed E-state index contributed by atoms with van der Waals surface area (Å²) < 4.78 is 14.3. The first kappa shape index (κ1) is 12.5. The zero-order valence-corrected chi connectivity index (χ0v) is 10.9. The van der Waals surface area contributed by atoms with Crippen LogP contribution in [0.1, 0.15) is 17.2 Å². The van der Waals surface area contributed by atoms with Gasteiger partial charge in [0.05, 0.1) is 5.02 Å². The van der Waals surface area contributed by atoms with Gasteiger partial charge in [-0.05, 0) is 28.1 Å². The van der Waals surface area contributed by atoms with Crippen molar-refractivity contribution >= 4 is 27.5 Å². The van der Waals surface area contributed by atoms with E-state index < -0.39 is 11.9 Å². The van der Waals surface area contributed by atoms with Crippen LogP contribution in [0.4, 0.5) is 4.39 Å². The Bertz CT molecular complexity index is 536. The fourth-order valence-electron chi connectivity index (χ4n) is 1.47. The first-order valence-electron chi connectivity index (χ1n) is 4.82. The number of rotatable bonds is 2. The lowest BCUT2D eigenvalue weighted by molar-refractivity contribution is 0.214.